The molecule has 3 N–H and O–H groups in total. The molecule has 0 radical (unpaired) electrons. The van der Waals surface area contributed by atoms with Crippen LogP contribution in [0.5, 0.6) is 0 Å². The smallest absolute Gasteiger partial charge is 0.305 e. The van der Waals surface area contributed by atoms with Crippen LogP contribution < -0.4 is 5.32 Å². The highest BCUT2D eigenvalue weighted by Crippen LogP contribution is 2.17. The average molecular weight is 971 g/mol. The van der Waals surface area contributed by atoms with E-state index in [2.05, 4.69) is 43.5 Å². The van der Waals surface area contributed by atoms with Crippen molar-refractivity contribution in [1.29, 1.82) is 0 Å². The van der Waals surface area contributed by atoms with Crippen LogP contribution in [0.15, 0.2) is 36.5 Å². The number of aliphatic hydroxyl groups excluding tert-OH is 2. The van der Waals surface area contributed by atoms with Gasteiger partial charge in [0.25, 0.3) is 0 Å². The Morgan fingerprint density at radius 2 is 0.681 bits per heavy atom. The van der Waals surface area contributed by atoms with E-state index in [9.17, 15) is 19.8 Å². The van der Waals surface area contributed by atoms with E-state index in [4.69, 9.17) is 4.74 Å². The molecule has 0 heterocycles. The van der Waals surface area contributed by atoms with Crippen LogP contribution >= 0.6 is 0 Å². The van der Waals surface area contributed by atoms with Gasteiger partial charge in [0.15, 0.2) is 0 Å². The van der Waals surface area contributed by atoms with Gasteiger partial charge >= 0.3 is 5.97 Å². The summed E-state index contributed by atoms with van der Waals surface area (Å²) in [6.45, 7) is 4.88. The van der Waals surface area contributed by atoms with E-state index >= 15 is 0 Å². The number of hydrogen-bond acceptors (Lipinski definition) is 5. The molecular formula is C63H119NO5. The van der Waals surface area contributed by atoms with Crippen molar-refractivity contribution < 1.29 is 24.5 Å². The Kier molecular flexibility index (Phi) is 57.0. The Morgan fingerprint density at radius 3 is 1.03 bits per heavy atom. The molecule has 2 atom stereocenters. The molecule has 0 spiro atoms. The lowest BCUT2D eigenvalue weighted by atomic mass is 10.0. The minimum atomic E-state index is -0.856. The first-order valence-corrected chi connectivity index (χ1v) is 30.8. The molecule has 2 unspecified atom stereocenters. The highest BCUT2D eigenvalue weighted by atomic mass is 16.5. The third-order valence-corrected chi connectivity index (χ3v) is 14.1. The number of carbonyl (C=O) groups excluding carboxylic acids is 2. The first-order valence-electron chi connectivity index (χ1n) is 30.8. The van der Waals surface area contributed by atoms with E-state index in [-0.39, 0.29) is 18.5 Å². The predicted octanol–water partition coefficient (Wildman–Crippen LogP) is 19.2. The number of aliphatic hydroxyl groups is 2. The average Bonchev–Trinajstić information content (AvgIpc) is 3.35. The molecule has 69 heavy (non-hydrogen) atoms. The zero-order valence-corrected chi connectivity index (χ0v) is 46.3. The molecule has 1 amide bonds. The number of ether oxygens (including phenoxy) is 1. The number of carbonyl (C=O) groups is 2. The quantitative estimate of drug-likeness (QED) is 0.0321. The third kappa shape index (κ3) is 55.2. The number of hydrogen-bond donors (Lipinski definition) is 3. The van der Waals surface area contributed by atoms with Crippen molar-refractivity contribution in [1.82, 2.24) is 5.32 Å². The molecule has 0 rings (SSSR count). The third-order valence-electron chi connectivity index (χ3n) is 14.1. The van der Waals surface area contributed by atoms with Gasteiger partial charge in [0.2, 0.25) is 5.91 Å². The monoisotopic (exact) mass is 970 g/mol. The topological polar surface area (TPSA) is 95.9 Å². The van der Waals surface area contributed by atoms with E-state index in [0.29, 0.717) is 19.4 Å². The van der Waals surface area contributed by atoms with Crippen molar-refractivity contribution in [3.8, 4) is 0 Å². The lowest BCUT2D eigenvalue weighted by Crippen LogP contribution is -2.45. The number of rotatable bonds is 57. The summed E-state index contributed by atoms with van der Waals surface area (Å²) in [5, 5.41) is 23.2. The zero-order chi connectivity index (χ0) is 50.0. The highest BCUT2D eigenvalue weighted by Gasteiger charge is 2.18. The number of nitrogens with one attached hydrogen (secondary N) is 1. The van der Waals surface area contributed by atoms with Crippen molar-refractivity contribution >= 4 is 11.9 Å². The molecule has 0 saturated heterocycles. The van der Waals surface area contributed by atoms with Gasteiger partial charge < -0.3 is 20.3 Å². The fourth-order valence-electron chi connectivity index (χ4n) is 9.39. The van der Waals surface area contributed by atoms with Gasteiger partial charge in [-0.05, 0) is 83.5 Å². The molecule has 0 aromatic heterocycles. The van der Waals surface area contributed by atoms with Gasteiger partial charge in [0.05, 0.1) is 25.4 Å². The standard InChI is InChI=1S/C63H119NO5/c1-3-5-7-9-11-13-15-17-19-21-22-23-24-25-27-31-35-39-43-47-51-55-61(66)60(59-65)64-62(67)56-52-48-44-40-36-32-28-26-30-34-38-42-46-50-54-58-69-63(68)57-53-49-45-41-37-33-29-20-18-16-14-12-10-8-6-4-2/h20,29-30,34,51,55,60-61,65-66H,3-19,21-28,31-33,35-50,52-54,56-59H2,1-2H3,(H,64,67)/b29-20-,34-30-,55-51+. The Balaban J connectivity index is 3.50. The Labute approximate surface area is 430 Å². The first-order chi connectivity index (χ1) is 34.0. The van der Waals surface area contributed by atoms with Crippen LogP contribution in [0.2, 0.25) is 0 Å². The van der Waals surface area contributed by atoms with Gasteiger partial charge in [0, 0.05) is 12.8 Å². The van der Waals surface area contributed by atoms with E-state index < -0.39 is 12.1 Å². The van der Waals surface area contributed by atoms with Gasteiger partial charge in [-0.2, -0.15) is 0 Å². The summed E-state index contributed by atoms with van der Waals surface area (Å²) in [5.41, 5.74) is 0. The summed E-state index contributed by atoms with van der Waals surface area (Å²) in [6, 6.07) is -0.641. The highest BCUT2D eigenvalue weighted by molar-refractivity contribution is 5.76. The minimum Gasteiger partial charge on any atom is -0.466 e. The second-order valence-electron chi connectivity index (χ2n) is 21.0. The maximum atomic E-state index is 12.5. The maximum absolute atomic E-state index is 12.5. The van der Waals surface area contributed by atoms with Crippen LogP contribution in [0, 0.1) is 0 Å². The molecule has 0 bridgehead atoms. The van der Waals surface area contributed by atoms with E-state index in [1.54, 1.807) is 6.08 Å². The molecule has 0 fully saturated rings. The van der Waals surface area contributed by atoms with Crippen LogP contribution in [-0.2, 0) is 14.3 Å². The zero-order valence-electron chi connectivity index (χ0n) is 46.3. The molecule has 406 valence electrons. The maximum Gasteiger partial charge on any atom is 0.305 e. The molecule has 0 aliphatic carbocycles. The number of esters is 1. The lowest BCUT2D eigenvalue weighted by molar-refractivity contribution is -0.143. The van der Waals surface area contributed by atoms with Gasteiger partial charge in [-0.15, -0.1) is 0 Å². The van der Waals surface area contributed by atoms with Crippen molar-refractivity contribution in [2.75, 3.05) is 13.2 Å². The molecule has 0 aromatic carbocycles. The lowest BCUT2D eigenvalue weighted by Gasteiger charge is -2.20. The molecule has 0 aromatic rings. The van der Waals surface area contributed by atoms with Crippen LogP contribution in [0.1, 0.15) is 328 Å². The molecule has 0 aliphatic rings. The molecule has 0 saturated carbocycles. The van der Waals surface area contributed by atoms with Crippen molar-refractivity contribution in [2.45, 2.75) is 341 Å². The Morgan fingerprint density at radius 1 is 0.391 bits per heavy atom. The van der Waals surface area contributed by atoms with Crippen LogP contribution in [0.25, 0.3) is 0 Å². The van der Waals surface area contributed by atoms with Crippen LogP contribution in [0.3, 0.4) is 0 Å². The Hall–Kier alpha value is -1.92. The molecular weight excluding hydrogens is 851 g/mol. The normalized spacial score (nSPS) is 12.8. The Bertz CT molecular complexity index is 1120. The number of unbranched alkanes of at least 4 members (excludes halogenated alkanes) is 42. The summed E-state index contributed by atoms with van der Waals surface area (Å²) in [5.74, 6) is -0.0995. The van der Waals surface area contributed by atoms with Crippen molar-refractivity contribution in [2.24, 2.45) is 0 Å². The fraction of sp³-hybridized carbons (Fsp3) is 0.873. The number of amides is 1. The van der Waals surface area contributed by atoms with Crippen molar-refractivity contribution in [3.05, 3.63) is 36.5 Å². The summed E-state index contributed by atoms with van der Waals surface area (Å²) < 4.78 is 5.46. The second-order valence-corrected chi connectivity index (χ2v) is 21.0. The largest absolute Gasteiger partial charge is 0.466 e. The minimum absolute atomic E-state index is 0.0183. The summed E-state index contributed by atoms with van der Waals surface area (Å²) >= 11 is 0. The van der Waals surface area contributed by atoms with E-state index in [0.717, 1.165) is 70.6 Å². The summed E-state index contributed by atoms with van der Waals surface area (Å²) in [4.78, 5) is 24.5. The first kappa shape index (κ1) is 67.1. The van der Waals surface area contributed by atoms with E-state index in [1.165, 1.54) is 231 Å². The van der Waals surface area contributed by atoms with Gasteiger partial charge in [-0.1, -0.05) is 269 Å². The molecule has 6 nitrogen and oxygen atoms in total. The molecule has 6 heteroatoms. The summed E-state index contributed by atoms with van der Waals surface area (Å²) in [7, 11) is 0. The van der Waals surface area contributed by atoms with Gasteiger partial charge in [0.1, 0.15) is 0 Å². The van der Waals surface area contributed by atoms with Gasteiger partial charge in [-0.25, -0.2) is 0 Å². The van der Waals surface area contributed by atoms with E-state index in [1.807, 2.05) is 6.08 Å². The fourth-order valence-corrected chi connectivity index (χ4v) is 9.39. The van der Waals surface area contributed by atoms with Crippen molar-refractivity contribution in [3.63, 3.8) is 0 Å². The van der Waals surface area contributed by atoms with Gasteiger partial charge in [-0.3, -0.25) is 9.59 Å². The second kappa shape index (κ2) is 58.6. The predicted molar refractivity (Wildman–Crippen MR) is 301 cm³/mol. The molecule has 0 aliphatic heterocycles. The number of allylic oxidation sites excluding steroid dienone is 5. The van der Waals surface area contributed by atoms with Crippen LogP contribution in [-0.4, -0.2) is 47.4 Å². The van der Waals surface area contributed by atoms with Crippen LogP contribution in [0.4, 0.5) is 0 Å². The summed E-state index contributed by atoms with van der Waals surface area (Å²) in [6.07, 6.45) is 73.2. The SMILES string of the molecule is CCCCCCCCC/C=C\CCCCCCCC(=O)OCCCCCC/C=C\CCCCCCCCCC(=O)NC(CO)C(O)/C=C/CCCCCCCCCCCCCCCCCCCCC.